The minimum Gasteiger partial charge on any atom is -0.350 e. The van der Waals surface area contributed by atoms with Gasteiger partial charge in [0.05, 0.1) is 11.7 Å². The van der Waals surface area contributed by atoms with E-state index in [-0.39, 0.29) is 11.9 Å². The van der Waals surface area contributed by atoms with Crippen LogP contribution in [0, 0.1) is 0 Å². The van der Waals surface area contributed by atoms with E-state index in [1.165, 1.54) is 19.2 Å². The van der Waals surface area contributed by atoms with E-state index in [2.05, 4.69) is 26.4 Å². The van der Waals surface area contributed by atoms with Crippen LogP contribution in [0.4, 0.5) is 0 Å². The number of aromatic nitrogens is 3. The average Bonchev–Trinajstić information content (AvgIpc) is 3.43. The van der Waals surface area contributed by atoms with Gasteiger partial charge in [-0.05, 0) is 61.8 Å². The number of benzene rings is 2. The molecule has 0 aliphatic carbocycles. The highest BCUT2D eigenvalue weighted by Gasteiger charge is 2.24. The first kappa shape index (κ1) is 18.7. The fourth-order valence-electron chi connectivity index (χ4n) is 3.65. The van der Waals surface area contributed by atoms with Crippen molar-refractivity contribution in [1.82, 2.24) is 25.0 Å². The topological polar surface area (TPSA) is 63.1 Å². The Kier molecular flexibility index (Phi) is 5.69. The molecule has 144 valence electrons. The van der Waals surface area contributed by atoms with Crippen LogP contribution in [0.15, 0.2) is 61.2 Å². The normalized spacial score (nSPS) is 15.5. The van der Waals surface area contributed by atoms with Gasteiger partial charge in [0.15, 0.2) is 0 Å². The highest BCUT2D eigenvalue weighted by molar-refractivity contribution is 6.30. The van der Waals surface area contributed by atoms with E-state index >= 15 is 0 Å². The number of nitrogens with zero attached hydrogens (tertiary/aromatic N) is 4. The van der Waals surface area contributed by atoms with Gasteiger partial charge in [-0.3, -0.25) is 9.69 Å². The lowest BCUT2D eigenvalue weighted by Crippen LogP contribution is -2.36. The number of likely N-dealkylation sites (tertiary alicyclic amines) is 1. The quantitative estimate of drug-likeness (QED) is 0.694. The van der Waals surface area contributed by atoms with Crippen molar-refractivity contribution in [3.8, 4) is 5.69 Å². The highest BCUT2D eigenvalue weighted by Crippen LogP contribution is 2.26. The lowest BCUT2D eigenvalue weighted by Gasteiger charge is -2.28. The Morgan fingerprint density at radius 3 is 2.71 bits per heavy atom. The van der Waals surface area contributed by atoms with Crippen LogP contribution in [-0.2, 0) is 0 Å². The van der Waals surface area contributed by atoms with Crippen molar-refractivity contribution in [3.63, 3.8) is 0 Å². The zero-order valence-electron chi connectivity index (χ0n) is 15.5. The van der Waals surface area contributed by atoms with Gasteiger partial charge in [-0.15, -0.1) is 0 Å². The van der Waals surface area contributed by atoms with Crippen molar-refractivity contribution in [2.45, 2.75) is 18.9 Å². The molecule has 1 amide bonds. The zero-order chi connectivity index (χ0) is 19.3. The first-order chi connectivity index (χ1) is 13.7. The molecule has 1 aromatic heterocycles. The maximum Gasteiger partial charge on any atom is 0.251 e. The molecule has 1 saturated heterocycles. The number of halogens is 1. The standard InChI is InChI=1S/C21H22ClN5O/c22-18-7-3-5-16(11-18)20(26-9-1-2-10-26)13-24-21(28)17-6-4-8-19(12-17)27-15-23-14-25-27/h3-8,11-12,14-15,20H,1-2,9-10,13H2,(H,24,28). The second-order valence-corrected chi connectivity index (χ2v) is 7.35. The molecule has 7 heteroatoms. The predicted octanol–water partition coefficient (Wildman–Crippen LogP) is 3.49. The fraction of sp³-hybridized carbons (Fsp3) is 0.286. The fourth-order valence-corrected chi connectivity index (χ4v) is 3.85. The summed E-state index contributed by atoms with van der Waals surface area (Å²) in [6.45, 7) is 2.61. The molecule has 1 atom stereocenters. The molecule has 1 aliphatic rings. The Hall–Kier alpha value is -2.70. The average molecular weight is 396 g/mol. The molecule has 1 unspecified atom stereocenters. The van der Waals surface area contributed by atoms with Crippen LogP contribution >= 0.6 is 11.6 Å². The van der Waals surface area contributed by atoms with Crippen molar-refractivity contribution < 1.29 is 4.79 Å². The third-order valence-electron chi connectivity index (χ3n) is 5.06. The molecular weight excluding hydrogens is 374 g/mol. The molecular formula is C21H22ClN5O. The van der Waals surface area contributed by atoms with Gasteiger partial charge < -0.3 is 5.32 Å². The third-order valence-corrected chi connectivity index (χ3v) is 5.30. The van der Waals surface area contributed by atoms with Gasteiger partial charge in [0, 0.05) is 17.1 Å². The van der Waals surface area contributed by atoms with Gasteiger partial charge in [0.1, 0.15) is 12.7 Å². The summed E-state index contributed by atoms with van der Waals surface area (Å²) in [7, 11) is 0. The van der Waals surface area contributed by atoms with Gasteiger partial charge >= 0.3 is 0 Å². The highest BCUT2D eigenvalue weighted by atomic mass is 35.5. The lowest BCUT2D eigenvalue weighted by molar-refractivity contribution is 0.0938. The number of carbonyl (C=O) groups is 1. The Morgan fingerprint density at radius 2 is 1.96 bits per heavy atom. The summed E-state index contributed by atoms with van der Waals surface area (Å²) >= 11 is 6.20. The summed E-state index contributed by atoms with van der Waals surface area (Å²) in [5.74, 6) is -0.104. The molecule has 2 heterocycles. The number of carbonyl (C=O) groups excluding carboxylic acids is 1. The molecule has 0 radical (unpaired) electrons. The molecule has 4 rings (SSSR count). The Balaban J connectivity index is 1.49. The maximum atomic E-state index is 12.8. The van der Waals surface area contributed by atoms with Crippen molar-refractivity contribution in [2.24, 2.45) is 0 Å². The van der Waals surface area contributed by atoms with Crippen LogP contribution in [0.5, 0.6) is 0 Å². The Labute approximate surface area is 169 Å². The second kappa shape index (κ2) is 8.54. The van der Waals surface area contributed by atoms with Gasteiger partial charge in [0.2, 0.25) is 0 Å². The summed E-state index contributed by atoms with van der Waals surface area (Å²) in [5, 5.41) is 7.93. The van der Waals surface area contributed by atoms with Gasteiger partial charge in [-0.2, -0.15) is 5.10 Å². The number of hydrogen-bond donors (Lipinski definition) is 1. The third kappa shape index (κ3) is 4.24. The Bertz CT molecular complexity index is 937. The van der Waals surface area contributed by atoms with Gasteiger partial charge in [0.25, 0.3) is 5.91 Å². The molecule has 0 bridgehead atoms. The van der Waals surface area contributed by atoms with Gasteiger partial charge in [-0.1, -0.05) is 29.8 Å². The smallest absolute Gasteiger partial charge is 0.251 e. The van der Waals surface area contributed by atoms with Crippen molar-refractivity contribution in [3.05, 3.63) is 77.3 Å². The maximum absolute atomic E-state index is 12.8. The molecule has 0 spiro atoms. The zero-order valence-corrected chi connectivity index (χ0v) is 16.2. The van der Waals surface area contributed by atoms with Crippen LogP contribution in [0.25, 0.3) is 5.69 Å². The number of rotatable bonds is 6. The molecule has 28 heavy (non-hydrogen) atoms. The van der Waals surface area contributed by atoms with Crippen LogP contribution in [0.2, 0.25) is 5.02 Å². The second-order valence-electron chi connectivity index (χ2n) is 6.91. The van der Waals surface area contributed by atoms with E-state index < -0.39 is 0 Å². The summed E-state index contributed by atoms with van der Waals surface area (Å²) < 4.78 is 1.63. The first-order valence-electron chi connectivity index (χ1n) is 9.43. The van der Waals surface area contributed by atoms with Crippen molar-refractivity contribution in [1.29, 1.82) is 0 Å². The molecule has 2 aromatic carbocycles. The van der Waals surface area contributed by atoms with E-state index in [0.29, 0.717) is 17.1 Å². The van der Waals surface area contributed by atoms with Crippen LogP contribution in [0.1, 0.15) is 34.8 Å². The van der Waals surface area contributed by atoms with Crippen LogP contribution < -0.4 is 5.32 Å². The summed E-state index contributed by atoms with van der Waals surface area (Å²) in [6, 6.07) is 15.4. The summed E-state index contributed by atoms with van der Waals surface area (Å²) in [4.78, 5) is 19.1. The van der Waals surface area contributed by atoms with E-state index in [9.17, 15) is 4.79 Å². The van der Waals surface area contributed by atoms with Crippen LogP contribution in [-0.4, -0.2) is 45.2 Å². The molecule has 3 aromatic rings. The van der Waals surface area contributed by atoms with E-state index in [0.717, 1.165) is 24.3 Å². The molecule has 0 saturated carbocycles. The molecule has 1 fully saturated rings. The monoisotopic (exact) mass is 395 g/mol. The molecule has 1 aliphatic heterocycles. The Morgan fingerprint density at radius 1 is 1.14 bits per heavy atom. The van der Waals surface area contributed by atoms with E-state index in [1.54, 1.807) is 17.1 Å². The van der Waals surface area contributed by atoms with Crippen molar-refractivity contribution >= 4 is 17.5 Å². The van der Waals surface area contributed by atoms with E-state index in [4.69, 9.17) is 11.6 Å². The largest absolute Gasteiger partial charge is 0.350 e. The van der Waals surface area contributed by atoms with Crippen LogP contribution in [0.3, 0.4) is 0 Å². The SMILES string of the molecule is O=C(NCC(c1cccc(Cl)c1)N1CCCC1)c1cccc(-n2cncn2)c1. The number of amides is 1. The van der Waals surface area contributed by atoms with E-state index in [1.807, 2.05) is 36.4 Å². The predicted molar refractivity (Wildman–Crippen MR) is 109 cm³/mol. The minimum absolute atomic E-state index is 0.104. The minimum atomic E-state index is -0.104. The summed E-state index contributed by atoms with van der Waals surface area (Å²) in [6.07, 6.45) is 5.45. The first-order valence-corrected chi connectivity index (χ1v) is 9.81. The van der Waals surface area contributed by atoms with Crippen molar-refractivity contribution in [2.75, 3.05) is 19.6 Å². The molecule has 1 N–H and O–H groups in total. The number of hydrogen-bond acceptors (Lipinski definition) is 4. The number of nitrogens with one attached hydrogen (secondary N) is 1. The van der Waals surface area contributed by atoms with Gasteiger partial charge in [-0.25, -0.2) is 9.67 Å². The summed E-state index contributed by atoms with van der Waals surface area (Å²) in [5.41, 5.74) is 2.53. The molecule has 6 nitrogen and oxygen atoms in total. The lowest BCUT2D eigenvalue weighted by atomic mass is 10.1.